The van der Waals surface area contributed by atoms with Gasteiger partial charge >= 0.3 is 0 Å². The molecule has 19 heavy (non-hydrogen) atoms. The molecule has 1 heteroatoms. The maximum Gasteiger partial charge on any atom is 0.0260 e. The number of rotatable bonds is 0. The van der Waals surface area contributed by atoms with Crippen molar-refractivity contribution in [1.29, 1.82) is 0 Å². The standard InChI is InChI=1S/C18H11Br/c19-17-11-13-6-2-4-8-15(13)18-14-7-3-1-5-12(14)9-10-16(17)18/h1-11H. The van der Waals surface area contributed by atoms with Crippen molar-refractivity contribution in [2.45, 2.75) is 0 Å². The molecule has 0 amide bonds. The molecule has 0 fully saturated rings. The second-order valence-electron chi connectivity index (χ2n) is 4.79. The average molecular weight is 307 g/mol. The van der Waals surface area contributed by atoms with E-state index in [9.17, 15) is 0 Å². The Morgan fingerprint density at radius 1 is 0.579 bits per heavy atom. The van der Waals surface area contributed by atoms with Gasteiger partial charge in [0.25, 0.3) is 0 Å². The second kappa shape index (κ2) is 4.07. The summed E-state index contributed by atoms with van der Waals surface area (Å²) in [6, 6.07) is 23.7. The largest absolute Gasteiger partial charge is 0.0616 e. The first-order valence-electron chi connectivity index (χ1n) is 6.33. The van der Waals surface area contributed by atoms with Crippen molar-refractivity contribution in [2.24, 2.45) is 0 Å². The Hall–Kier alpha value is -1.86. The fraction of sp³-hybridized carbons (Fsp3) is 0. The highest BCUT2D eigenvalue weighted by Gasteiger charge is 2.07. The van der Waals surface area contributed by atoms with E-state index < -0.39 is 0 Å². The number of hydrogen-bond acceptors (Lipinski definition) is 0. The van der Waals surface area contributed by atoms with Crippen LogP contribution in [0.4, 0.5) is 0 Å². The van der Waals surface area contributed by atoms with Crippen LogP contribution >= 0.6 is 15.9 Å². The summed E-state index contributed by atoms with van der Waals surface area (Å²) in [4.78, 5) is 0. The maximum atomic E-state index is 3.70. The summed E-state index contributed by atoms with van der Waals surface area (Å²) < 4.78 is 1.16. The van der Waals surface area contributed by atoms with Gasteiger partial charge in [0.2, 0.25) is 0 Å². The molecule has 0 aliphatic heterocycles. The molecule has 0 aliphatic carbocycles. The third-order valence-electron chi connectivity index (χ3n) is 3.70. The number of hydrogen-bond donors (Lipinski definition) is 0. The van der Waals surface area contributed by atoms with Gasteiger partial charge in [-0.25, -0.2) is 0 Å². The molecule has 0 aromatic heterocycles. The lowest BCUT2D eigenvalue weighted by molar-refractivity contribution is 1.75. The number of halogens is 1. The van der Waals surface area contributed by atoms with Crippen LogP contribution < -0.4 is 0 Å². The molecule has 4 aromatic rings. The zero-order chi connectivity index (χ0) is 12.8. The zero-order valence-corrected chi connectivity index (χ0v) is 11.8. The number of benzene rings is 4. The van der Waals surface area contributed by atoms with Crippen LogP contribution in [0.3, 0.4) is 0 Å². The van der Waals surface area contributed by atoms with E-state index in [1.165, 1.54) is 32.3 Å². The van der Waals surface area contributed by atoms with Crippen LogP contribution in [-0.2, 0) is 0 Å². The summed E-state index contributed by atoms with van der Waals surface area (Å²) in [5.74, 6) is 0. The molecule has 0 spiro atoms. The summed E-state index contributed by atoms with van der Waals surface area (Å²) in [6.07, 6.45) is 0. The Balaban J connectivity index is 2.40. The summed E-state index contributed by atoms with van der Waals surface area (Å²) >= 11 is 3.70. The van der Waals surface area contributed by atoms with E-state index in [2.05, 4.69) is 82.7 Å². The van der Waals surface area contributed by atoms with Gasteiger partial charge in [0.1, 0.15) is 0 Å². The monoisotopic (exact) mass is 306 g/mol. The molecule has 0 bridgehead atoms. The van der Waals surface area contributed by atoms with E-state index in [1.807, 2.05) is 0 Å². The van der Waals surface area contributed by atoms with E-state index in [4.69, 9.17) is 0 Å². The van der Waals surface area contributed by atoms with Crippen LogP contribution in [0.1, 0.15) is 0 Å². The highest BCUT2D eigenvalue weighted by molar-refractivity contribution is 9.10. The third-order valence-corrected chi connectivity index (χ3v) is 4.35. The first-order valence-corrected chi connectivity index (χ1v) is 7.12. The predicted octanol–water partition coefficient (Wildman–Crippen LogP) is 5.91. The second-order valence-corrected chi connectivity index (χ2v) is 5.64. The topological polar surface area (TPSA) is 0 Å². The maximum absolute atomic E-state index is 3.70. The van der Waals surface area contributed by atoms with Crippen molar-refractivity contribution in [3.8, 4) is 0 Å². The van der Waals surface area contributed by atoms with Crippen LogP contribution in [0, 0.1) is 0 Å². The van der Waals surface area contributed by atoms with Crippen molar-refractivity contribution in [3.63, 3.8) is 0 Å². The van der Waals surface area contributed by atoms with Crippen LogP contribution in [0.25, 0.3) is 32.3 Å². The normalized spacial score (nSPS) is 11.4. The van der Waals surface area contributed by atoms with Crippen LogP contribution in [-0.4, -0.2) is 0 Å². The summed E-state index contributed by atoms with van der Waals surface area (Å²) in [6.45, 7) is 0. The summed E-state index contributed by atoms with van der Waals surface area (Å²) in [5.41, 5.74) is 0. The van der Waals surface area contributed by atoms with E-state index in [1.54, 1.807) is 0 Å². The summed E-state index contributed by atoms with van der Waals surface area (Å²) in [5, 5.41) is 7.81. The van der Waals surface area contributed by atoms with Crippen LogP contribution in [0.2, 0.25) is 0 Å². The molecule has 90 valence electrons. The Labute approximate surface area is 119 Å². The molecule has 0 atom stereocenters. The Bertz CT molecular complexity index is 907. The lowest BCUT2D eigenvalue weighted by Crippen LogP contribution is -1.82. The summed E-state index contributed by atoms with van der Waals surface area (Å²) in [7, 11) is 0. The molecular weight excluding hydrogens is 296 g/mol. The molecule has 0 radical (unpaired) electrons. The highest BCUT2D eigenvalue weighted by Crippen LogP contribution is 2.36. The molecule has 0 aliphatic rings. The van der Waals surface area contributed by atoms with Crippen molar-refractivity contribution in [3.05, 3.63) is 71.2 Å². The van der Waals surface area contributed by atoms with E-state index >= 15 is 0 Å². The molecule has 0 nitrogen and oxygen atoms in total. The first-order chi connectivity index (χ1) is 9.34. The van der Waals surface area contributed by atoms with Crippen LogP contribution in [0.5, 0.6) is 0 Å². The Kier molecular flexibility index (Phi) is 2.36. The van der Waals surface area contributed by atoms with Crippen molar-refractivity contribution < 1.29 is 0 Å². The van der Waals surface area contributed by atoms with Gasteiger partial charge < -0.3 is 0 Å². The van der Waals surface area contributed by atoms with Gasteiger partial charge in [0.15, 0.2) is 0 Å². The fourth-order valence-corrected chi connectivity index (χ4v) is 3.40. The molecule has 0 unspecified atom stereocenters. The highest BCUT2D eigenvalue weighted by atomic mass is 79.9. The quantitative estimate of drug-likeness (QED) is 0.354. The lowest BCUT2D eigenvalue weighted by Gasteiger charge is -2.09. The van der Waals surface area contributed by atoms with Gasteiger partial charge in [-0.1, -0.05) is 76.6 Å². The van der Waals surface area contributed by atoms with Gasteiger partial charge in [-0.2, -0.15) is 0 Å². The predicted molar refractivity (Wildman–Crippen MR) is 86.7 cm³/mol. The smallest absolute Gasteiger partial charge is 0.0260 e. The lowest BCUT2D eigenvalue weighted by atomic mass is 9.96. The van der Waals surface area contributed by atoms with Gasteiger partial charge in [0.05, 0.1) is 0 Å². The zero-order valence-electron chi connectivity index (χ0n) is 10.2. The van der Waals surface area contributed by atoms with Crippen molar-refractivity contribution in [2.75, 3.05) is 0 Å². The molecule has 4 rings (SSSR count). The molecule has 0 saturated heterocycles. The van der Waals surface area contributed by atoms with Gasteiger partial charge in [-0.05, 0) is 38.4 Å². The molecule has 0 N–H and O–H groups in total. The molecular formula is C18H11Br. The first kappa shape index (κ1) is 11.0. The Morgan fingerprint density at radius 2 is 1.21 bits per heavy atom. The van der Waals surface area contributed by atoms with Gasteiger partial charge in [-0.3, -0.25) is 0 Å². The van der Waals surface area contributed by atoms with Crippen LogP contribution in [0.15, 0.2) is 71.2 Å². The molecule has 0 heterocycles. The average Bonchev–Trinajstić information content (AvgIpc) is 2.47. The van der Waals surface area contributed by atoms with E-state index in [-0.39, 0.29) is 0 Å². The Morgan fingerprint density at radius 3 is 2.00 bits per heavy atom. The third kappa shape index (κ3) is 1.58. The van der Waals surface area contributed by atoms with E-state index in [0.29, 0.717) is 0 Å². The number of fused-ring (bicyclic) bond motifs is 5. The fourth-order valence-electron chi connectivity index (χ4n) is 2.83. The molecule has 4 aromatic carbocycles. The van der Waals surface area contributed by atoms with E-state index in [0.717, 1.165) is 4.47 Å². The van der Waals surface area contributed by atoms with Crippen molar-refractivity contribution >= 4 is 48.2 Å². The van der Waals surface area contributed by atoms with Crippen molar-refractivity contribution in [1.82, 2.24) is 0 Å². The minimum absolute atomic E-state index is 1.16. The van der Waals surface area contributed by atoms with Gasteiger partial charge in [-0.15, -0.1) is 0 Å². The molecule has 0 saturated carbocycles. The SMILES string of the molecule is Brc1cc2ccccc2c2c1ccc1ccccc12. The van der Waals surface area contributed by atoms with Gasteiger partial charge in [0, 0.05) is 4.47 Å². The minimum atomic E-state index is 1.16. The minimum Gasteiger partial charge on any atom is -0.0616 e.